The van der Waals surface area contributed by atoms with Gasteiger partial charge in [-0.15, -0.1) is 0 Å². The zero-order valence-electron chi connectivity index (χ0n) is 14.4. The molecule has 0 fully saturated rings. The van der Waals surface area contributed by atoms with Crippen molar-refractivity contribution >= 4 is 20.0 Å². The van der Waals surface area contributed by atoms with Gasteiger partial charge in [0.15, 0.2) is 0 Å². The van der Waals surface area contributed by atoms with Gasteiger partial charge in [0.05, 0.1) is 9.79 Å². The van der Waals surface area contributed by atoms with Gasteiger partial charge in [-0.1, -0.05) is 6.07 Å². The van der Waals surface area contributed by atoms with Crippen molar-refractivity contribution in [1.82, 2.24) is 9.03 Å². The summed E-state index contributed by atoms with van der Waals surface area (Å²) in [6.45, 7) is 1.90. The Labute approximate surface area is 152 Å². The second kappa shape index (κ2) is 6.73. The first-order valence-corrected chi connectivity index (χ1v) is 10.9. The van der Waals surface area contributed by atoms with E-state index in [0.29, 0.717) is 17.5 Å². The number of halogens is 1. The van der Waals surface area contributed by atoms with E-state index in [-0.39, 0.29) is 22.9 Å². The van der Waals surface area contributed by atoms with Gasteiger partial charge in [-0.25, -0.2) is 25.9 Å². The smallest absolute Gasteiger partial charge is 0.214 e. The van der Waals surface area contributed by atoms with E-state index in [9.17, 15) is 21.2 Å². The SMILES string of the molecule is CNS(=O)(=O)c1ccc2c(c1)CN(S(=O)(=O)c1ccc(F)cc1C)CC2. The van der Waals surface area contributed by atoms with Gasteiger partial charge in [-0.2, -0.15) is 4.31 Å². The maximum Gasteiger partial charge on any atom is 0.243 e. The molecule has 3 rings (SSSR count). The average molecular weight is 398 g/mol. The standard InChI is InChI=1S/C17H19FN2O4S2/c1-12-9-15(18)4-6-17(12)26(23,24)20-8-7-13-3-5-16(10-14(13)11-20)25(21,22)19-2/h3-6,9-10,19H,7-8,11H2,1-2H3. The van der Waals surface area contributed by atoms with Gasteiger partial charge in [0.1, 0.15) is 5.82 Å². The molecule has 1 heterocycles. The zero-order valence-corrected chi connectivity index (χ0v) is 16.0. The van der Waals surface area contributed by atoms with E-state index in [1.165, 1.54) is 35.6 Å². The molecule has 0 spiro atoms. The molecule has 0 aromatic heterocycles. The summed E-state index contributed by atoms with van der Waals surface area (Å²) in [5.41, 5.74) is 1.90. The second-order valence-corrected chi connectivity index (χ2v) is 9.93. The molecular formula is C17H19FN2O4S2. The molecule has 1 aliphatic rings. The number of benzene rings is 2. The Morgan fingerprint density at radius 3 is 2.42 bits per heavy atom. The average Bonchev–Trinajstić information content (AvgIpc) is 2.60. The van der Waals surface area contributed by atoms with Crippen molar-refractivity contribution in [1.29, 1.82) is 0 Å². The molecule has 1 aliphatic heterocycles. The Bertz CT molecular complexity index is 1070. The van der Waals surface area contributed by atoms with E-state index >= 15 is 0 Å². The molecule has 0 atom stereocenters. The van der Waals surface area contributed by atoms with Crippen LogP contribution < -0.4 is 4.72 Å². The molecule has 9 heteroatoms. The third-order valence-corrected chi connectivity index (χ3v) is 7.91. The Kier molecular flexibility index (Phi) is 4.91. The molecule has 2 aromatic carbocycles. The lowest BCUT2D eigenvalue weighted by Gasteiger charge is -2.29. The number of hydrogen-bond acceptors (Lipinski definition) is 4. The third kappa shape index (κ3) is 3.39. The fourth-order valence-electron chi connectivity index (χ4n) is 3.04. The van der Waals surface area contributed by atoms with E-state index in [1.807, 2.05) is 0 Å². The minimum absolute atomic E-state index is 0.0568. The van der Waals surface area contributed by atoms with Crippen molar-refractivity contribution in [2.45, 2.75) is 29.7 Å². The summed E-state index contributed by atoms with van der Waals surface area (Å²) in [6.07, 6.45) is 0.481. The maximum atomic E-state index is 13.3. The van der Waals surface area contributed by atoms with Gasteiger partial charge in [0, 0.05) is 13.1 Å². The van der Waals surface area contributed by atoms with Crippen LogP contribution in [0.4, 0.5) is 4.39 Å². The Balaban J connectivity index is 1.98. The first-order valence-electron chi connectivity index (χ1n) is 7.97. The quantitative estimate of drug-likeness (QED) is 0.851. The molecule has 0 aliphatic carbocycles. The molecule has 0 unspecified atom stereocenters. The van der Waals surface area contributed by atoms with Crippen molar-refractivity contribution in [2.24, 2.45) is 0 Å². The van der Waals surface area contributed by atoms with Gasteiger partial charge < -0.3 is 0 Å². The molecule has 0 saturated heterocycles. The number of rotatable bonds is 4. The van der Waals surface area contributed by atoms with Crippen LogP contribution in [0.25, 0.3) is 0 Å². The Morgan fingerprint density at radius 1 is 1.04 bits per heavy atom. The summed E-state index contributed by atoms with van der Waals surface area (Å²) in [5, 5.41) is 0. The first kappa shape index (κ1) is 19.0. The molecule has 2 aromatic rings. The van der Waals surface area contributed by atoms with Crippen molar-refractivity contribution < 1.29 is 21.2 Å². The van der Waals surface area contributed by atoms with Crippen molar-refractivity contribution in [3.05, 3.63) is 58.9 Å². The van der Waals surface area contributed by atoms with Crippen LogP contribution in [-0.2, 0) is 33.0 Å². The lowest BCUT2D eigenvalue weighted by Crippen LogP contribution is -2.36. The highest BCUT2D eigenvalue weighted by Gasteiger charge is 2.30. The molecule has 0 saturated carbocycles. The predicted octanol–water partition coefficient (Wildman–Crippen LogP) is 1.79. The Morgan fingerprint density at radius 2 is 1.77 bits per heavy atom. The summed E-state index contributed by atoms with van der Waals surface area (Å²) >= 11 is 0. The summed E-state index contributed by atoms with van der Waals surface area (Å²) in [7, 11) is -6.09. The van der Waals surface area contributed by atoms with Crippen LogP contribution in [0.5, 0.6) is 0 Å². The van der Waals surface area contributed by atoms with Crippen LogP contribution in [0, 0.1) is 12.7 Å². The minimum atomic E-state index is -3.80. The fourth-order valence-corrected chi connectivity index (χ4v) is 5.44. The monoisotopic (exact) mass is 398 g/mol. The number of fused-ring (bicyclic) bond motifs is 1. The molecule has 0 amide bonds. The summed E-state index contributed by atoms with van der Waals surface area (Å²) in [5.74, 6) is -0.493. The third-order valence-electron chi connectivity index (χ3n) is 4.49. The molecular weight excluding hydrogens is 379 g/mol. The van der Waals surface area contributed by atoms with Crippen LogP contribution in [0.2, 0.25) is 0 Å². The van der Waals surface area contributed by atoms with Crippen LogP contribution in [0.15, 0.2) is 46.2 Å². The van der Waals surface area contributed by atoms with Crippen LogP contribution in [0.1, 0.15) is 16.7 Å². The van der Waals surface area contributed by atoms with Crippen LogP contribution in [-0.4, -0.2) is 34.7 Å². The summed E-state index contributed by atoms with van der Waals surface area (Å²) in [4.78, 5) is 0.150. The number of aryl methyl sites for hydroxylation is 1. The number of sulfonamides is 2. The van der Waals surface area contributed by atoms with E-state index in [0.717, 1.165) is 11.6 Å². The van der Waals surface area contributed by atoms with Gasteiger partial charge in [0.25, 0.3) is 0 Å². The second-order valence-electron chi connectivity index (χ2n) is 6.14. The van der Waals surface area contributed by atoms with Crippen LogP contribution >= 0.6 is 0 Å². The normalized spacial score (nSPS) is 15.7. The molecule has 0 bridgehead atoms. The lowest BCUT2D eigenvalue weighted by molar-refractivity contribution is 0.390. The number of hydrogen-bond donors (Lipinski definition) is 1. The zero-order chi connectivity index (χ0) is 19.1. The largest absolute Gasteiger partial charge is 0.243 e. The van der Waals surface area contributed by atoms with Gasteiger partial charge in [-0.05, 0) is 67.4 Å². The number of nitrogens with zero attached hydrogens (tertiary/aromatic N) is 1. The molecule has 0 radical (unpaired) electrons. The lowest BCUT2D eigenvalue weighted by atomic mass is 10.0. The highest BCUT2D eigenvalue weighted by molar-refractivity contribution is 7.89. The van der Waals surface area contributed by atoms with Gasteiger partial charge in [0.2, 0.25) is 20.0 Å². The minimum Gasteiger partial charge on any atom is -0.214 e. The molecule has 140 valence electrons. The fraction of sp³-hybridized carbons (Fsp3) is 0.294. The van der Waals surface area contributed by atoms with E-state index in [4.69, 9.17) is 0 Å². The predicted molar refractivity (Wildman–Crippen MR) is 95.1 cm³/mol. The molecule has 6 nitrogen and oxygen atoms in total. The van der Waals surface area contributed by atoms with Crippen molar-refractivity contribution in [3.8, 4) is 0 Å². The van der Waals surface area contributed by atoms with E-state index < -0.39 is 25.9 Å². The topological polar surface area (TPSA) is 83.6 Å². The Hall–Kier alpha value is -1.81. The molecule has 26 heavy (non-hydrogen) atoms. The summed E-state index contributed by atoms with van der Waals surface area (Å²) < 4.78 is 66.7. The van der Waals surface area contributed by atoms with Gasteiger partial charge in [-0.3, -0.25) is 0 Å². The van der Waals surface area contributed by atoms with Crippen molar-refractivity contribution in [2.75, 3.05) is 13.6 Å². The first-order chi connectivity index (χ1) is 12.1. The highest BCUT2D eigenvalue weighted by atomic mass is 32.2. The summed E-state index contributed by atoms with van der Waals surface area (Å²) in [6, 6.07) is 8.29. The maximum absolute atomic E-state index is 13.3. The van der Waals surface area contributed by atoms with Crippen molar-refractivity contribution in [3.63, 3.8) is 0 Å². The molecule has 1 N–H and O–H groups in total. The highest BCUT2D eigenvalue weighted by Crippen LogP contribution is 2.28. The van der Waals surface area contributed by atoms with Gasteiger partial charge >= 0.3 is 0 Å². The van der Waals surface area contributed by atoms with E-state index in [1.54, 1.807) is 13.0 Å². The number of nitrogens with one attached hydrogen (secondary N) is 1. The van der Waals surface area contributed by atoms with Crippen LogP contribution in [0.3, 0.4) is 0 Å². The van der Waals surface area contributed by atoms with E-state index in [2.05, 4.69) is 4.72 Å².